The van der Waals surface area contributed by atoms with Gasteiger partial charge in [-0.25, -0.2) is 14.8 Å². The lowest BCUT2D eigenvalue weighted by Gasteiger charge is -2.57. The largest absolute Gasteiger partial charge is 0.465 e. The zero-order valence-corrected chi connectivity index (χ0v) is 12.5. The average Bonchev–Trinajstić information content (AvgIpc) is 2.23. The maximum absolute atomic E-state index is 11.2. The smallest absolute Gasteiger partial charge is 0.407 e. The number of amides is 1. The number of nitrogens with zero attached hydrogens (tertiary/aromatic N) is 3. The Morgan fingerprint density at radius 2 is 2.00 bits per heavy atom. The molecule has 0 radical (unpaired) electrons. The number of likely N-dealkylation sites (tertiary alicyclic amines) is 1. The number of carboxylic acid groups (broad SMARTS) is 1. The van der Waals surface area contributed by atoms with Crippen LogP contribution in [0.4, 0.5) is 4.79 Å². The Labute approximate surface area is 119 Å². The number of hydrogen-bond acceptors (Lipinski definition) is 4. The molecule has 0 aliphatic carbocycles. The molecule has 2 atom stereocenters. The van der Waals surface area contributed by atoms with Gasteiger partial charge in [0.25, 0.3) is 0 Å². The van der Waals surface area contributed by atoms with Gasteiger partial charge in [0.05, 0.1) is 17.1 Å². The fraction of sp³-hybridized carbons (Fsp3) is 0.583. The molecule has 104 valence electrons. The Hall–Kier alpha value is -1.21. The lowest BCUT2D eigenvalue weighted by molar-refractivity contribution is -0.183. The van der Waals surface area contributed by atoms with E-state index in [0.717, 1.165) is 0 Å². The van der Waals surface area contributed by atoms with Crippen molar-refractivity contribution in [3.63, 3.8) is 0 Å². The van der Waals surface area contributed by atoms with Crippen LogP contribution in [0.15, 0.2) is 16.9 Å². The van der Waals surface area contributed by atoms with Gasteiger partial charge in [0.2, 0.25) is 0 Å². The minimum Gasteiger partial charge on any atom is -0.465 e. The van der Waals surface area contributed by atoms with E-state index in [9.17, 15) is 9.90 Å². The monoisotopic (exact) mass is 329 g/mol. The molecular formula is C12H16BrN3O3. The first-order valence-electron chi connectivity index (χ1n) is 5.86. The lowest BCUT2D eigenvalue weighted by atomic mass is 9.69. The summed E-state index contributed by atoms with van der Waals surface area (Å²) in [6.45, 7) is 5.65. The zero-order valence-electron chi connectivity index (χ0n) is 11.0. The van der Waals surface area contributed by atoms with Gasteiger partial charge in [-0.2, -0.15) is 0 Å². The van der Waals surface area contributed by atoms with Crippen molar-refractivity contribution < 1.29 is 15.0 Å². The molecule has 1 saturated heterocycles. The van der Waals surface area contributed by atoms with Crippen molar-refractivity contribution >= 4 is 22.0 Å². The summed E-state index contributed by atoms with van der Waals surface area (Å²) < 4.78 is 0.710. The Bertz CT molecular complexity index is 500. The van der Waals surface area contributed by atoms with Gasteiger partial charge in [-0.3, -0.25) is 4.90 Å². The van der Waals surface area contributed by atoms with Crippen LogP contribution in [0.1, 0.15) is 26.6 Å². The topological polar surface area (TPSA) is 86.6 Å². The molecule has 0 bridgehead atoms. The predicted molar refractivity (Wildman–Crippen MR) is 71.6 cm³/mol. The van der Waals surface area contributed by atoms with Crippen LogP contribution in [0, 0.1) is 5.41 Å². The van der Waals surface area contributed by atoms with Crippen LogP contribution in [0.25, 0.3) is 0 Å². The molecule has 1 aliphatic heterocycles. The molecule has 0 saturated carbocycles. The van der Waals surface area contributed by atoms with Crippen LogP contribution < -0.4 is 0 Å². The normalized spacial score (nSPS) is 27.0. The van der Waals surface area contributed by atoms with E-state index in [2.05, 4.69) is 25.9 Å². The first kappa shape index (κ1) is 14.2. The van der Waals surface area contributed by atoms with Gasteiger partial charge in [-0.15, -0.1) is 0 Å². The van der Waals surface area contributed by atoms with Crippen molar-refractivity contribution in [2.45, 2.75) is 32.4 Å². The molecule has 6 nitrogen and oxygen atoms in total. The van der Waals surface area contributed by atoms with E-state index in [1.165, 1.54) is 4.90 Å². The van der Waals surface area contributed by atoms with Gasteiger partial charge in [0.1, 0.15) is 0 Å². The van der Waals surface area contributed by atoms with Crippen LogP contribution in [-0.4, -0.2) is 43.8 Å². The number of hydrogen-bond donors (Lipinski definition) is 2. The third kappa shape index (κ3) is 2.32. The van der Waals surface area contributed by atoms with Crippen LogP contribution in [0.3, 0.4) is 0 Å². The number of rotatable bonds is 1. The Morgan fingerprint density at radius 1 is 1.47 bits per heavy atom. The predicted octanol–water partition coefficient (Wildman–Crippen LogP) is 1.83. The molecule has 0 spiro atoms. The first-order valence-corrected chi connectivity index (χ1v) is 6.65. The third-order valence-electron chi connectivity index (χ3n) is 3.25. The van der Waals surface area contributed by atoms with E-state index < -0.39 is 23.2 Å². The molecule has 2 N–H and O–H groups in total. The maximum atomic E-state index is 11.2. The Balaban J connectivity index is 2.38. The van der Waals surface area contributed by atoms with E-state index in [1.807, 2.05) is 20.8 Å². The summed E-state index contributed by atoms with van der Waals surface area (Å²) in [7, 11) is 0. The van der Waals surface area contributed by atoms with E-state index in [-0.39, 0.29) is 12.4 Å². The summed E-state index contributed by atoms with van der Waals surface area (Å²) in [5.41, 5.74) is -1.75. The molecule has 7 heteroatoms. The highest BCUT2D eigenvalue weighted by Gasteiger charge is 2.61. The summed E-state index contributed by atoms with van der Waals surface area (Å²) in [5, 5.41) is 19.9. The second-order valence-corrected chi connectivity index (χ2v) is 6.74. The first-order chi connectivity index (χ1) is 8.66. The SMILES string of the molecule is CC(C)(C)C1N(C(=O)O)CC1(O)c1ncc(Br)cn1. The van der Waals surface area contributed by atoms with Gasteiger partial charge in [0, 0.05) is 12.4 Å². The van der Waals surface area contributed by atoms with Crippen molar-refractivity contribution in [2.75, 3.05) is 6.54 Å². The van der Waals surface area contributed by atoms with E-state index in [0.29, 0.717) is 4.47 Å². The molecule has 19 heavy (non-hydrogen) atoms. The molecule has 1 amide bonds. The number of carbonyl (C=O) groups is 1. The van der Waals surface area contributed by atoms with Crippen molar-refractivity contribution in [1.82, 2.24) is 14.9 Å². The van der Waals surface area contributed by atoms with Crippen molar-refractivity contribution in [3.05, 3.63) is 22.7 Å². The van der Waals surface area contributed by atoms with Gasteiger partial charge < -0.3 is 10.2 Å². The summed E-state index contributed by atoms with van der Waals surface area (Å²) in [4.78, 5) is 20.6. The van der Waals surface area contributed by atoms with Crippen molar-refractivity contribution in [3.8, 4) is 0 Å². The fourth-order valence-corrected chi connectivity index (χ4v) is 2.88. The molecule has 2 heterocycles. The summed E-state index contributed by atoms with van der Waals surface area (Å²) in [6.07, 6.45) is 2.05. The van der Waals surface area contributed by atoms with Crippen LogP contribution >= 0.6 is 15.9 Å². The van der Waals surface area contributed by atoms with Crippen LogP contribution in [0.5, 0.6) is 0 Å². The second kappa shape index (κ2) is 4.42. The maximum Gasteiger partial charge on any atom is 0.407 e. The molecule has 1 fully saturated rings. The average molecular weight is 330 g/mol. The number of β-amino-alcohol motifs (C(OH)–C–C–N with tert-alkyl or cyclic N) is 1. The van der Waals surface area contributed by atoms with E-state index in [4.69, 9.17) is 5.11 Å². The third-order valence-corrected chi connectivity index (χ3v) is 3.66. The molecule has 1 aromatic rings. The molecular weight excluding hydrogens is 314 g/mol. The van der Waals surface area contributed by atoms with Crippen molar-refractivity contribution in [2.24, 2.45) is 5.41 Å². The van der Waals surface area contributed by atoms with Gasteiger partial charge in [0.15, 0.2) is 11.4 Å². The fourth-order valence-electron chi connectivity index (χ4n) is 2.67. The highest BCUT2D eigenvalue weighted by Crippen LogP contribution is 2.45. The standard InChI is InChI=1S/C12H16BrN3O3/c1-11(2,3)8-12(19,6-16(8)10(17)18)9-14-4-7(13)5-15-9/h4-5,8,19H,6H2,1-3H3,(H,17,18). The van der Waals surface area contributed by atoms with Gasteiger partial charge in [-0.05, 0) is 21.3 Å². The lowest BCUT2D eigenvalue weighted by Crippen LogP contribution is -2.73. The minimum absolute atomic E-state index is 0.00803. The zero-order chi connectivity index (χ0) is 14.4. The quantitative estimate of drug-likeness (QED) is 0.820. The number of aliphatic hydroxyl groups is 1. The summed E-state index contributed by atoms with van der Waals surface area (Å²) in [6, 6.07) is -0.571. The van der Waals surface area contributed by atoms with Gasteiger partial charge in [-0.1, -0.05) is 20.8 Å². The molecule has 2 rings (SSSR count). The second-order valence-electron chi connectivity index (χ2n) is 5.83. The summed E-state index contributed by atoms with van der Waals surface area (Å²) >= 11 is 3.23. The molecule has 0 aromatic carbocycles. The highest BCUT2D eigenvalue weighted by atomic mass is 79.9. The molecule has 1 aromatic heterocycles. The molecule has 2 unspecified atom stereocenters. The van der Waals surface area contributed by atoms with Crippen LogP contribution in [-0.2, 0) is 5.60 Å². The Morgan fingerprint density at radius 3 is 2.42 bits per heavy atom. The molecule has 1 aliphatic rings. The summed E-state index contributed by atoms with van der Waals surface area (Å²) in [5.74, 6) is 0.258. The van der Waals surface area contributed by atoms with Crippen molar-refractivity contribution in [1.29, 1.82) is 0 Å². The van der Waals surface area contributed by atoms with E-state index in [1.54, 1.807) is 12.4 Å². The number of aromatic nitrogens is 2. The van der Waals surface area contributed by atoms with E-state index >= 15 is 0 Å². The number of halogens is 1. The van der Waals surface area contributed by atoms with Gasteiger partial charge >= 0.3 is 6.09 Å². The Kier molecular flexibility index (Phi) is 3.30. The van der Waals surface area contributed by atoms with Crippen LogP contribution in [0.2, 0.25) is 0 Å². The minimum atomic E-state index is -1.34. The highest BCUT2D eigenvalue weighted by molar-refractivity contribution is 9.10.